The van der Waals surface area contributed by atoms with Gasteiger partial charge in [-0.2, -0.15) is 11.8 Å². The molecule has 18 heavy (non-hydrogen) atoms. The van der Waals surface area contributed by atoms with Crippen LogP contribution in [0.5, 0.6) is 0 Å². The molecular weight excluding hydrogens is 244 g/mol. The zero-order valence-corrected chi connectivity index (χ0v) is 11.6. The second-order valence-corrected chi connectivity index (χ2v) is 5.56. The van der Waals surface area contributed by atoms with E-state index in [0.717, 1.165) is 36.3 Å². The lowest BCUT2D eigenvalue weighted by Gasteiger charge is -2.24. The fourth-order valence-electron chi connectivity index (χ4n) is 2.42. The largest absolute Gasteiger partial charge is 0.335 e. The normalized spacial score (nSPS) is 19.2. The molecule has 1 heterocycles. The van der Waals surface area contributed by atoms with Crippen molar-refractivity contribution >= 4 is 17.7 Å². The van der Waals surface area contributed by atoms with E-state index in [1.807, 2.05) is 40.9 Å². The van der Waals surface area contributed by atoms with Crippen molar-refractivity contribution in [2.45, 2.75) is 25.4 Å². The molecule has 2 N–H and O–H groups in total. The number of hydrogen-bond acceptors (Lipinski definition) is 3. The van der Waals surface area contributed by atoms with E-state index < -0.39 is 0 Å². The fraction of sp³-hybridized carbons (Fsp3) is 0.500. The molecular formula is C14H20N2OS. The molecule has 0 bridgehead atoms. The highest BCUT2D eigenvalue weighted by atomic mass is 32.2. The molecule has 1 aliphatic heterocycles. The number of hydrogen-bond donors (Lipinski definition) is 1. The first-order chi connectivity index (χ1) is 8.76. The minimum absolute atomic E-state index is 0.162. The van der Waals surface area contributed by atoms with Crippen LogP contribution in [0.2, 0.25) is 0 Å². The van der Waals surface area contributed by atoms with Crippen LogP contribution in [-0.2, 0) is 6.54 Å². The minimum atomic E-state index is 0.162. The predicted molar refractivity (Wildman–Crippen MR) is 76.8 cm³/mol. The monoisotopic (exact) mass is 264 g/mol. The summed E-state index contributed by atoms with van der Waals surface area (Å²) in [6.07, 6.45) is 4.35. The van der Waals surface area contributed by atoms with Gasteiger partial charge in [-0.3, -0.25) is 4.79 Å². The SMILES string of the molecule is CSC[C@@H]1CCCN1C(=O)c1ccc(CN)cc1. The van der Waals surface area contributed by atoms with E-state index in [-0.39, 0.29) is 5.91 Å². The minimum Gasteiger partial charge on any atom is -0.335 e. The van der Waals surface area contributed by atoms with Crippen molar-refractivity contribution in [3.8, 4) is 0 Å². The smallest absolute Gasteiger partial charge is 0.254 e. The highest BCUT2D eigenvalue weighted by Gasteiger charge is 2.28. The maximum Gasteiger partial charge on any atom is 0.254 e. The molecule has 3 nitrogen and oxygen atoms in total. The van der Waals surface area contributed by atoms with Crippen LogP contribution in [0.15, 0.2) is 24.3 Å². The summed E-state index contributed by atoms with van der Waals surface area (Å²) in [4.78, 5) is 14.4. The predicted octanol–water partition coefficient (Wildman–Crippen LogP) is 2.11. The number of nitrogens with two attached hydrogens (primary N) is 1. The maximum absolute atomic E-state index is 12.4. The lowest BCUT2D eigenvalue weighted by Crippen LogP contribution is -2.36. The number of carbonyl (C=O) groups is 1. The molecule has 1 aliphatic rings. The van der Waals surface area contributed by atoms with Crippen molar-refractivity contribution in [3.05, 3.63) is 35.4 Å². The van der Waals surface area contributed by atoms with Gasteiger partial charge in [-0.1, -0.05) is 12.1 Å². The van der Waals surface area contributed by atoms with Gasteiger partial charge in [0, 0.05) is 30.4 Å². The van der Waals surface area contributed by atoms with E-state index in [1.165, 1.54) is 0 Å². The Morgan fingerprint density at radius 2 is 2.17 bits per heavy atom. The van der Waals surface area contributed by atoms with Gasteiger partial charge in [0.1, 0.15) is 0 Å². The van der Waals surface area contributed by atoms with Crippen molar-refractivity contribution in [2.75, 3.05) is 18.6 Å². The van der Waals surface area contributed by atoms with E-state index >= 15 is 0 Å². The molecule has 0 unspecified atom stereocenters. The zero-order chi connectivity index (χ0) is 13.0. The molecule has 1 aromatic carbocycles. The molecule has 1 aromatic rings. The summed E-state index contributed by atoms with van der Waals surface area (Å²) < 4.78 is 0. The number of benzene rings is 1. The summed E-state index contributed by atoms with van der Waals surface area (Å²) in [5.41, 5.74) is 7.40. The van der Waals surface area contributed by atoms with Crippen LogP contribution in [0.1, 0.15) is 28.8 Å². The van der Waals surface area contributed by atoms with E-state index in [2.05, 4.69) is 6.26 Å². The van der Waals surface area contributed by atoms with Crippen LogP contribution < -0.4 is 5.73 Å². The highest BCUT2D eigenvalue weighted by Crippen LogP contribution is 2.22. The first kappa shape index (κ1) is 13.4. The molecule has 98 valence electrons. The van der Waals surface area contributed by atoms with Crippen LogP contribution in [-0.4, -0.2) is 35.4 Å². The van der Waals surface area contributed by atoms with Crippen LogP contribution >= 0.6 is 11.8 Å². The van der Waals surface area contributed by atoms with Crippen molar-refractivity contribution in [2.24, 2.45) is 5.73 Å². The Morgan fingerprint density at radius 3 is 2.78 bits per heavy atom. The van der Waals surface area contributed by atoms with Crippen LogP contribution in [0.25, 0.3) is 0 Å². The third-order valence-electron chi connectivity index (χ3n) is 3.43. The maximum atomic E-state index is 12.4. The van der Waals surface area contributed by atoms with Crippen molar-refractivity contribution in [1.29, 1.82) is 0 Å². The van der Waals surface area contributed by atoms with Gasteiger partial charge in [0.05, 0.1) is 0 Å². The Labute approximate surface area is 113 Å². The number of nitrogens with zero attached hydrogens (tertiary/aromatic N) is 1. The topological polar surface area (TPSA) is 46.3 Å². The van der Waals surface area contributed by atoms with Gasteiger partial charge in [0.15, 0.2) is 0 Å². The summed E-state index contributed by atoms with van der Waals surface area (Å²) in [6, 6.07) is 8.05. The molecule has 0 spiro atoms. The standard InChI is InChI=1S/C14H20N2OS/c1-18-10-13-3-2-8-16(13)14(17)12-6-4-11(9-15)5-7-12/h4-7,13H,2-3,8-10,15H2,1H3/t13-/m0/s1. The number of carbonyl (C=O) groups excluding carboxylic acids is 1. The summed E-state index contributed by atoms with van der Waals surface area (Å²) >= 11 is 1.81. The average Bonchev–Trinajstić information content (AvgIpc) is 2.87. The van der Waals surface area contributed by atoms with E-state index in [9.17, 15) is 4.79 Å². The first-order valence-electron chi connectivity index (χ1n) is 6.35. The summed E-state index contributed by atoms with van der Waals surface area (Å²) in [7, 11) is 0. The van der Waals surface area contributed by atoms with E-state index in [4.69, 9.17) is 5.73 Å². The second kappa shape index (κ2) is 6.25. The molecule has 0 radical (unpaired) electrons. The first-order valence-corrected chi connectivity index (χ1v) is 7.74. The molecule has 1 fully saturated rings. The van der Waals surface area contributed by atoms with Crippen molar-refractivity contribution in [1.82, 2.24) is 4.90 Å². The number of rotatable bonds is 4. The molecule has 1 atom stereocenters. The average molecular weight is 264 g/mol. The quantitative estimate of drug-likeness (QED) is 0.906. The lowest BCUT2D eigenvalue weighted by molar-refractivity contribution is 0.0750. The number of likely N-dealkylation sites (tertiary alicyclic amines) is 1. The summed E-state index contributed by atoms with van der Waals surface area (Å²) in [5.74, 6) is 1.20. The molecule has 2 rings (SSSR count). The molecule has 0 saturated carbocycles. The Morgan fingerprint density at radius 1 is 1.44 bits per heavy atom. The number of amides is 1. The van der Waals surface area contributed by atoms with Gasteiger partial charge in [0.2, 0.25) is 0 Å². The molecule has 0 aliphatic carbocycles. The van der Waals surface area contributed by atoms with Gasteiger partial charge >= 0.3 is 0 Å². The molecule has 4 heteroatoms. The molecule has 1 amide bonds. The van der Waals surface area contributed by atoms with Crippen LogP contribution in [0.4, 0.5) is 0 Å². The highest BCUT2D eigenvalue weighted by molar-refractivity contribution is 7.98. The van der Waals surface area contributed by atoms with Crippen LogP contribution in [0, 0.1) is 0 Å². The molecule has 0 aromatic heterocycles. The Hall–Kier alpha value is -1.00. The third-order valence-corrected chi connectivity index (χ3v) is 4.15. The Bertz CT molecular complexity index is 405. The van der Waals surface area contributed by atoms with Gasteiger partial charge in [-0.15, -0.1) is 0 Å². The summed E-state index contributed by atoms with van der Waals surface area (Å²) in [6.45, 7) is 1.41. The Kier molecular flexibility index (Phi) is 4.66. The van der Waals surface area contributed by atoms with Gasteiger partial charge in [-0.25, -0.2) is 0 Å². The van der Waals surface area contributed by atoms with E-state index in [1.54, 1.807) is 0 Å². The fourth-order valence-corrected chi connectivity index (χ4v) is 3.15. The van der Waals surface area contributed by atoms with Gasteiger partial charge in [-0.05, 0) is 36.8 Å². The zero-order valence-electron chi connectivity index (χ0n) is 10.8. The van der Waals surface area contributed by atoms with Crippen molar-refractivity contribution < 1.29 is 4.79 Å². The van der Waals surface area contributed by atoms with Crippen molar-refractivity contribution in [3.63, 3.8) is 0 Å². The lowest BCUT2D eigenvalue weighted by atomic mass is 10.1. The van der Waals surface area contributed by atoms with E-state index in [0.29, 0.717) is 12.6 Å². The van der Waals surface area contributed by atoms with Gasteiger partial charge < -0.3 is 10.6 Å². The Balaban J connectivity index is 2.09. The second-order valence-electron chi connectivity index (χ2n) is 4.65. The van der Waals surface area contributed by atoms with Gasteiger partial charge in [0.25, 0.3) is 5.91 Å². The summed E-state index contributed by atoms with van der Waals surface area (Å²) in [5, 5.41) is 0. The third kappa shape index (κ3) is 2.87. The van der Waals surface area contributed by atoms with Crippen LogP contribution in [0.3, 0.4) is 0 Å². The number of thioether (sulfide) groups is 1. The molecule has 1 saturated heterocycles.